The van der Waals surface area contributed by atoms with E-state index < -0.39 is 21.9 Å². The first-order valence-corrected chi connectivity index (χ1v) is 17.0. The van der Waals surface area contributed by atoms with E-state index in [-0.39, 0.29) is 27.7 Å². The minimum Gasteiger partial charge on any atom is -0.487 e. The van der Waals surface area contributed by atoms with Gasteiger partial charge < -0.3 is 14.9 Å². The Morgan fingerprint density at radius 1 is 0.830 bits per heavy atom. The maximum absolute atomic E-state index is 13.9. The Morgan fingerprint density at radius 2 is 1.49 bits per heavy atom. The van der Waals surface area contributed by atoms with Crippen molar-refractivity contribution in [1.29, 1.82) is 0 Å². The molecule has 0 spiro atoms. The van der Waals surface area contributed by atoms with Crippen LogP contribution in [0.3, 0.4) is 0 Å². The minimum atomic E-state index is -4.13. The fraction of sp³-hybridized carbons (Fsp3) is 0.184. The first kappa shape index (κ1) is 33.9. The van der Waals surface area contributed by atoms with Crippen molar-refractivity contribution in [3.05, 3.63) is 160 Å². The van der Waals surface area contributed by atoms with Crippen LogP contribution >= 0.6 is 11.6 Å². The number of carbonyl (C=O) groups is 1. The summed E-state index contributed by atoms with van der Waals surface area (Å²) in [6, 6.07) is 35.8. The van der Waals surface area contributed by atoms with E-state index in [2.05, 4.69) is 4.90 Å². The maximum atomic E-state index is 13.9. The third-order valence-corrected chi connectivity index (χ3v) is 9.82. The Morgan fingerprint density at radius 3 is 2.13 bits per heavy atom. The van der Waals surface area contributed by atoms with Crippen LogP contribution in [0.5, 0.6) is 5.75 Å². The molecule has 0 amide bonds. The van der Waals surface area contributed by atoms with Crippen molar-refractivity contribution in [2.45, 2.75) is 42.4 Å². The van der Waals surface area contributed by atoms with Gasteiger partial charge in [0.15, 0.2) is 5.75 Å². The fourth-order valence-corrected chi connectivity index (χ4v) is 7.07. The summed E-state index contributed by atoms with van der Waals surface area (Å²) in [5, 5.41) is 21.5. The summed E-state index contributed by atoms with van der Waals surface area (Å²) in [5.74, 6) is -1.46. The highest BCUT2D eigenvalue weighted by Crippen LogP contribution is 2.35. The molecule has 0 radical (unpaired) electrons. The van der Waals surface area contributed by atoms with Gasteiger partial charge in [0.05, 0.1) is 11.0 Å². The number of aliphatic hydroxyl groups is 1. The van der Waals surface area contributed by atoms with Gasteiger partial charge in [0.25, 0.3) is 0 Å². The lowest BCUT2D eigenvalue weighted by atomic mass is 10.1. The lowest BCUT2D eigenvalue weighted by molar-refractivity contribution is 0.0691. The highest BCUT2D eigenvalue weighted by Gasteiger charge is 2.28. The smallest absolute Gasteiger partial charge is 0.339 e. The van der Waals surface area contributed by atoms with Gasteiger partial charge in [-0.05, 0) is 77.6 Å². The lowest BCUT2D eigenvalue weighted by Gasteiger charge is -2.25. The van der Waals surface area contributed by atoms with Crippen molar-refractivity contribution < 1.29 is 28.2 Å². The van der Waals surface area contributed by atoms with Crippen LogP contribution < -0.4 is 4.74 Å². The molecule has 5 rings (SSSR count). The van der Waals surface area contributed by atoms with Gasteiger partial charge in [-0.2, -0.15) is 0 Å². The van der Waals surface area contributed by atoms with Gasteiger partial charge in [0.2, 0.25) is 9.84 Å². The molecule has 0 saturated heterocycles. The Labute approximate surface area is 280 Å². The number of aromatic carboxylic acids is 1. The van der Waals surface area contributed by atoms with E-state index in [1.807, 2.05) is 72.8 Å². The zero-order chi connectivity index (χ0) is 33.4. The zero-order valence-electron chi connectivity index (χ0n) is 25.9. The average molecular weight is 670 g/mol. The van der Waals surface area contributed by atoms with Crippen molar-refractivity contribution in [3.8, 4) is 5.75 Å². The van der Waals surface area contributed by atoms with Crippen LogP contribution in [0.25, 0.3) is 0 Å². The van der Waals surface area contributed by atoms with E-state index in [0.29, 0.717) is 36.6 Å². The second kappa shape index (κ2) is 15.4. The topological polar surface area (TPSA) is 104 Å². The van der Waals surface area contributed by atoms with Crippen molar-refractivity contribution in [3.63, 3.8) is 0 Å². The molecule has 0 aliphatic heterocycles. The number of hydrogen-bond donors (Lipinski definition) is 2. The Balaban J connectivity index is 1.35. The number of aliphatic hydroxyl groups excluding tert-OH is 1. The van der Waals surface area contributed by atoms with Gasteiger partial charge in [0.1, 0.15) is 17.1 Å². The third kappa shape index (κ3) is 8.87. The molecule has 5 aromatic carbocycles. The summed E-state index contributed by atoms with van der Waals surface area (Å²) in [6.45, 7) is 3.27. The largest absolute Gasteiger partial charge is 0.487 e. The van der Waals surface area contributed by atoms with E-state index >= 15 is 0 Å². The molecule has 0 aliphatic carbocycles. The van der Waals surface area contributed by atoms with Crippen LogP contribution in [0.2, 0.25) is 5.02 Å². The van der Waals surface area contributed by atoms with Crippen molar-refractivity contribution >= 4 is 27.4 Å². The summed E-state index contributed by atoms with van der Waals surface area (Å²) in [5.41, 5.74) is 3.81. The highest BCUT2D eigenvalue weighted by atomic mass is 35.5. The molecule has 0 aromatic heterocycles. The van der Waals surface area contributed by atoms with E-state index in [9.17, 15) is 23.4 Å². The fourth-order valence-electron chi connectivity index (χ4n) is 5.37. The molecular formula is C38H36ClNO6S. The van der Waals surface area contributed by atoms with Gasteiger partial charge in [0, 0.05) is 24.7 Å². The second-order valence-electron chi connectivity index (χ2n) is 11.4. The Bertz CT molecular complexity index is 1920. The van der Waals surface area contributed by atoms with Gasteiger partial charge in [-0.25, -0.2) is 13.2 Å². The minimum absolute atomic E-state index is 0.0110. The molecule has 0 bridgehead atoms. The summed E-state index contributed by atoms with van der Waals surface area (Å²) in [4.78, 5) is 14.1. The number of carboxylic acids is 1. The number of aryl methyl sites for hydroxylation is 1. The highest BCUT2D eigenvalue weighted by molar-refractivity contribution is 7.91. The van der Waals surface area contributed by atoms with Crippen molar-refractivity contribution in [2.24, 2.45) is 0 Å². The quantitative estimate of drug-likeness (QED) is 0.126. The number of sulfone groups is 1. The number of nitrogens with zero attached hydrogens (tertiary/aromatic N) is 1. The summed E-state index contributed by atoms with van der Waals surface area (Å²) in [6.07, 6.45) is -0.137. The molecule has 0 aliphatic rings. The number of rotatable bonds is 14. The van der Waals surface area contributed by atoms with Crippen LogP contribution in [-0.4, -0.2) is 42.6 Å². The third-order valence-electron chi connectivity index (χ3n) is 7.81. The molecule has 0 unspecified atom stereocenters. The van der Waals surface area contributed by atoms with E-state index in [0.717, 1.165) is 22.3 Å². The monoisotopic (exact) mass is 669 g/mol. The van der Waals surface area contributed by atoms with E-state index in [4.69, 9.17) is 16.3 Å². The Hall–Kier alpha value is -4.47. The molecule has 9 heteroatoms. The lowest BCUT2D eigenvalue weighted by Crippen LogP contribution is -2.30. The van der Waals surface area contributed by atoms with Crippen LogP contribution in [0.1, 0.15) is 44.3 Å². The predicted octanol–water partition coefficient (Wildman–Crippen LogP) is 7.54. The predicted molar refractivity (Wildman–Crippen MR) is 183 cm³/mol. The summed E-state index contributed by atoms with van der Waals surface area (Å²) in [7, 11) is -4.13. The van der Waals surface area contributed by atoms with Gasteiger partial charge in [-0.15, -0.1) is 0 Å². The first-order valence-electron chi connectivity index (χ1n) is 15.2. The summed E-state index contributed by atoms with van der Waals surface area (Å²) < 4.78 is 33.8. The number of hydrogen-bond acceptors (Lipinski definition) is 6. The van der Waals surface area contributed by atoms with E-state index in [1.54, 1.807) is 31.2 Å². The molecule has 0 heterocycles. The number of carboxylic acid groups (broad SMARTS) is 1. The molecule has 5 aromatic rings. The number of ether oxygens (including phenoxy) is 1. The van der Waals surface area contributed by atoms with Gasteiger partial charge >= 0.3 is 5.97 Å². The normalized spacial score (nSPS) is 12.2. The van der Waals surface area contributed by atoms with Crippen molar-refractivity contribution in [1.82, 2.24) is 4.90 Å². The molecule has 7 nitrogen and oxygen atoms in total. The van der Waals surface area contributed by atoms with E-state index in [1.165, 1.54) is 24.3 Å². The van der Waals surface area contributed by atoms with Crippen LogP contribution in [0, 0.1) is 6.92 Å². The zero-order valence-corrected chi connectivity index (χ0v) is 27.5. The molecule has 0 fully saturated rings. The van der Waals surface area contributed by atoms with Crippen LogP contribution in [-0.2, 0) is 29.4 Å². The first-order chi connectivity index (χ1) is 22.6. The molecule has 0 saturated carbocycles. The summed E-state index contributed by atoms with van der Waals surface area (Å²) >= 11 is 6.16. The number of benzene rings is 5. The molecular weight excluding hydrogens is 634 g/mol. The standard InChI is InChI=1S/C38H36ClNO6S/c1-27-21-34(38(42)43)37(46-26-30-11-6-3-7-12-30)36(22-27)47(44,45)33-17-15-28(16-18-33)19-20-40(24-29-9-4-2-5-10-29)25-35(41)31-13-8-14-32(39)23-31/h2-18,21-23,35,41H,19-20,24-26H2,1H3,(H,42,43)/t35-/m0/s1. The van der Waals surface area contributed by atoms with Crippen LogP contribution in [0.4, 0.5) is 0 Å². The number of halogens is 1. The maximum Gasteiger partial charge on any atom is 0.339 e. The van der Waals surface area contributed by atoms with Crippen LogP contribution in [0.15, 0.2) is 131 Å². The second-order valence-corrected chi connectivity index (χ2v) is 13.8. The average Bonchev–Trinajstić information content (AvgIpc) is 3.07. The van der Waals surface area contributed by atoms with Gasteiger partial charge in [-0.1, -0.05) is 96.5 Å². The van der Waals surface area contributed by atoms with Gasteiger partial charge in [-0.3, -0.25) is 4.90 Å². The molecule has 47 heavy (non-hydrogen) atoms. The molecule has 2 N–H and O–H groups in total. The molecule has 1 atom stereocenters. The SMILES string of the molecule is Cc1cc(C(=O)O)c(OCc2ccccc2)c(S(=O)(=O)c2ccc(CCN(Cc3ccccc3)C[C@H](O)c3cccc(Cl)c3)cc2)c1. The van der Waals surface area contributed by atoms with Crippen molar-refractivity contribution in [2.75, 3.05) is 13.1 Å². The molecule has 242 valence electrons. The Kier molecular flexibility index (Phi) is 11.1.